The second kappa shape index (κ2) is 6.82. The Kier molecular flexibility index (Phi) is 3.96. The molecule has 3 aromatic carbocycles. The van der Waals surface area contributed by atoms with Crippen molar-refractivity contribution in [3.05, 3.63) is 113 Å². The first-order chi connectivity index (χ1) is 14.8. The van der Waals surface area contributed by atoms with Crippen LogP contribution in [-0.4, -0.2) is 16.5 Å². The fraction of sp³-hybridized carbons (Fsp3) is 0.148. The topological polar surface area (TPSA) is 25.4 Å². The number of para-hydroxylation sites is 1. The van der Waals surface area contributed by atoms with Gasteiger partial charge in [0.2, 0.25) is 0 Å². The average molecular weight is 390 g/mol. The maximum Gasteiger partial charge on any atom is 0.159 e. The average Bonchev–Trinajstić information content (AvgIpc) is 3.34. The maximum absolute atomic E-state index is 6.35. The van der Waals surface area contributed by atoms with Gasteiger partial charge in [0, 0.05) is 10.9 Å². The van der Waals surface area contributed by atoms with Crippen molar-refractivity contribution in [2.45, 2.75) is 19.2 Å². The van der Waals surface area contributed by atoms with Crippen molar-refractivity contribution in [1.29, 1.82) is 0 Å². The first-order valence-corrected chi connectivity index (χ1v) is 10.4. The normalized spacial score (nSPS) is 21.2. The summed E-state index contributed by atoms with van der Waals surface area (Å²) in [6, 6.07) is 30.0. The van der Waals surface area contributed by atoms with E-state index in [1.807, 2.05) is 6.07 Å². The number of pyridine rings is 1. The van der Waals surface area contributed by atoms with E-state index in [1.165, 1.54) is 16.7 Å². The molecular weight excluding hydrogens is 368 g/mol. The van der Waals surface area contributed by atoms with Crippen LogP contribution in [-0.2, 0) is 4.74 Å². The number of nitrogens with zero attached hydrogens (tertiary/aromatic N) is 2. The third-order valence-electron chi connectivity index (χ3n) is 6.11. The standard InChI is InChI=1S/C27H22N2O/c1-18-11-13-19(14-12-18)15-24-26-22(16-21-9-5-6-10-23(21)28-26)27-29(24)25(17-30-27)20-7-3-2-4-8-20/h2-16,25,27H,17H2,1H3/b24-15-/t25-,27-/m1/s1. The first kappa shape index (κ1) is 17.4. The van der Waals surface area contributed by atoms with E-state index in [9.17, 15) is 0 Å². The first-order valence-electron chi connectivity index (χ1n) is 10.4. The molecule has 0 radical (unpaired) electrons. The number of aryl methyl sites for hydroxylation is 1. The minimum atomic E-state index is -0.0981. The smallest absolute Gasteiger partial charge is 0.159 e. The van der Waals surface area contributed by atoms with Crippen LogP contribution in [0.2, 0.25) is 0 Å². The SMILES string of the molecule is Cc1ccc(/C=C2/c3nc4ccccc4cc3[C@H]3OC[C@H](c4ccccc4)N23)cc1. The second-order valence-electron chi connectivity index (χ2n) is 8.08. The van der Waals surface area contributed by atoms with Gasteiger partial charge in [0.15, 0.2) is 6.23 Å². The van der Waals surface area contributed by atoms with Gasteiger partial charge in [-0.2, -0.15) is 0 Å². The van der Waals surface area contributed by atoms with Gasteiger partial charge in [-0.3, -0.25) is 0 Å². The summed E-state index contributed by atoms with van der Waals surface area (Å²) in [5, 5.41) is 1.15. The van der Waals surface area contributed by atoms with Gasteiger partial charge in [0.1, 0.15) is 0 Å². The lowest BCUT2D eigenvalue weighted by Gasteiger charge is -2.26. The zero-order chi connectivity index (χ0) is 20.1. The number of rotatable bonds is 2. The van der Waals surface area contributed by atoms with Gasteiger partial charge < -0.3 is 9.64 Å². The molecule has 146 valence electrons. The Labute approximate surface area is 176 Å². The lowest BCUT2D eigenvalue weighted by Crippen LogP contribution is -2.20. The van der Waals surface area contributed by atoms with Crippen LogP contribution in [0, 0.1) is 6.92 Å². The van der Waals surface area contributed by atoms with Crippen molar-refractivity contribution in [3.8, 4) is 0 Å². The van der Waals surface area contributed by atoms with Crippen molar-refractivity contribution in [1.82, 2.24) is 9.88 Å². The van der Waals surface area contributed by atoms with E-state index in [0.29, 0.717) is 6.61 Å². The van der Waals surface area contributed by atoms with Gasteiger partial charge >= 0.3 is 0 Å². The highest BCUT2D eigenvalue weighted by Crippen LogP contribution is 2.51. The van der Waals surface area contributed by atoms with Crippen LogP contribution in [0.1, 0.15) is 40.2 Å². The molecule has 0 N–H and O–H groups in total. The maximum atomic E-state index is 6.35. The van der Waals surface area contributed by atoms with Gasteiger partial charge in [-0.1, -0.05) is 78.4 Å². The molecule has 1 saturated heterocycles. The highest BCUT2D eigenvalue weighted by Gasteiger charge is 2.45. The predicted molar refractivity (Wildman–Crippen MR) is 121 cm³/mol. The zero-order valence-electron chi connectivity index (χ0n) is 16.8. The number of hydrogen-bond donors (Lipinski definition) is 0. The molecule has 0 aliphatic carbocycles. The number of benzene rings is 3. The quantitative estimate of drug-likeness (QED) is 0.412. The Morgan fingerprint density at radius 2 is 1.70 bits per heavy atom. The van der Waals surface area contributed by atoms with E-state index in [2.05, 4.69) is 96.8 Å². The van der Waals surface area contributed by atoms with Gasteiger partial charge in [-0.25, -0.2) is 4.98 Å². The van der Waals surface area contributed by atoms with Crippen LogP contribution >= 0.6 is 0 Å². The molecule has 1 aromatic heterocycles. The fourth-order valence-electron chi connectivity index (χ4n) is 4.58. The molecule has 0 saturated carbocycles. The molecule has 0 amide bonds. The minimum absolute atomic E-state index is 0.0981. The Hall–Kier alpha value is -3.43. The molecule has 3 nitrogen and oxygen atoms in total. The summed E-state index contributed by atoms with van der Waals surface area (Å²) in [4.78, 5) is 7.48. The Bertz CT molecular complexity index is 1260. The molecule has 3 heterocycles. The van der Waals surface area contributed by atoms with Crippen molar-refractivity contribution in [3.63, 3.8) is 0 Å². The summed E-state index contributed by atoms with van der Waals surface area (Å²) in [7, 11) is 0. The number of ether oxygens (including phenoxy) is 1. The van der Waals surface area contributed by atoms with E-state index in [-0.39, 0.29) is 12.3 Å². The van der Waals surface area contributed by atoms with Crippen LogP contribution in [0.4, 0.5) is 0 Å². The molecule has 2 aliphatic rings. The predicted octanol–water partition coefficient (Wildman–Crippen LogP) is 6.13. The van der Waals surface area contributed by atoms with Crippen LogP contribution in [0.25, 0.3) is 22.7 Å². The van der Waals surface area contributed by atoms with Gasteiger partial charge in [-0.15, -0.1) is 0 Å². The Balaban J connectivity index is 1.55. The summed E-state index contributed by atoms with van der Waals surface area (Å²) in [5.74, 6) is 0. The second-order valence-corrected chi connectivity index (χ2v) is 8.08. The Morgan fingerprint density at radius 1 is 0.933 bits per heavy atom. The summed E-state index contributed by atoms with van der Waals surface area (Å²) in [6.45, 7) is 2.79. The van der Waals surface area contributed by atoms with Crippen molar-refractivity contribution < 1.29 is 4.74 Å². The van der Waals surface area contributed by atoms with E-state index in [4.69, 9.17) is 9.72 Å². The molecule has 2 aliphatic heterocycles. The van der Waals surface area contributed by atoms with Gasteiger partial charge in [-0.05, 0) is 36.3 Å². The third kappa shape index (κ3) is 2.74. The molecule has 3 heteroatoms. The molecular formula is C27H22N2O. The molecule has 6 rings (SSSR count). The highest BCUT2D eigenvalue weighted by molar-refractivity contribution is 5.89. The summed E-state index contributed by atoms with van der Waals surface area (Å²) in [5.41, 5.74) is 8.05. The largest absolute Gasteiger partial charge is 0.351 e. The number of fused-ring (bicyclic) bond motifs is 4. The summed E-state index contributed by atoms with van der Waals surface area (Å²) < 4.78 is 6.35. The molecule has 0 unspecified atom stereocenters. The van der Waals surface area contributed by atoms with Crippen LogP contribution in [0.3, 0.4) is 0 Å². The highest BCUT2D eigenvalue weighted by atomic mass is 16.5. The van der Waals surface area contributed by atoms with Crippen molar-refractivity contribution >= 4 is 22.7 Å². The lowest BCUT2D eigenvalue weighted by molar-refractivity contribution is 0.0662. The van der Waals surface area contributed by atoms with E-state index in [0.717, 1.165) is 27.9 Å². The molecule has 30 heavy (non-hydrogen) atoms. The minimum Gasteiger partial charge on any atom is -0.351 e. The third-order valence-corrected chi connectivity index (χ3v) is 6.11. The van der Waals surface area contributed by atoms with Crippen LogP contribution in [0.15, 0.2) is 84.9 Å². The monoisotopic (exact) mass is 390 g/mol. The van der Waals surface area contributed by atoms with Crippen LogP contribution in [0.5, 0.6) is 0 Å². The van der Waals surface area contributed by atoms with E-state index >= 15 is 0 Å². The van der Waals surface area contributed by atoms with Gasteiger partial charge in [0.25, 0.3) is 0 Å². The fourth-order valence-corrected chi connectivity index (χ4v) is 4.58. The molecule has 1 fully saturated rings. The zero-order valence-corrected chi connectivity index (χ0v) is 16.8. The van der Waals surface area contributed by atoms with Crippen molar-refractivity contribution in [2.75, 3.05) is 6.61 Å². The Morgan fingerprint density at radius 3 is 2.53 bits per heavy atom. The molecule has 0 spiro atoms. The van der Waals surface area contributed by atoms with Crippen molar-refractivity contribution in [2.24, 2.45) is 0 Å². The van der Waals surface area contributed by atoms with Crippen LogP contribution < -0.4 is 0 Å². The van der Waals surface area contributed by atoms with E-state index in [1.54, 1.807) is 0 Å². The molecule has 2 atom stereocenters. The molecule has 4 aromatic rings. The summed E-state index contributed by atoms with van der Waals surface area (Å²) >= 11 is 0. The molecule has 0 bridgehead atoms. The van der Waals surface area contributed by atoms with Gasteiger partial charge in [0.05, 0.1) is 29.6 Å². The number of hydrogen-bond acceptors (Lipinski definition) is 3. The number of aromatic nitrogens is 1. The lowest BCUT2D eigenvalue weighted by atomic mass is 10.1. The van der Waals surface area contributed by atoms with E-state index < -0.39 is 0 Å². The summed E-state index contributed by atoms with van der Waals surface area (Å²) in [6.07, 6.45) is 2.16.